The SMILES string of the molecule is C[C@@H]1CCCCC1=NNc1nc2ccccc2s1. The third-order valence-corrected chi connectivity index (χ3v) is 4.42. The van der Waals surface area contributed by atoms with Gasteiger partial charge in [-0.1, -0.05) is 36.8 Å². The lowest BCUT2D eigenvalue weighted by Crippen LogP contribution is -2.17. The molecule has 1 aliphatic rings. The minimum absolute atomic E-state index is 0.612. The first-order valence-electron chi connectivity index (χ1n) is 6.51. The number of hydrogen-bond donors (Lipinski definition) is 1. The van der Waals surface area contributed by atoms with Crippen LogP contribution >= 0.6 is 11.3 Å². The highest BCUT2D eigenvalue weighted by atomic mass is 32.1. The Morgan fingerprint density at radius 3 is 3.06 bits per heavy atom. The van der Waals surface area contributed by atoms with Gasteiger partial charge in [0.25, 0.3) is 0 Å². The third kappa shape index (κ3) is 2.38. The van der Waals surface area contributed by atoms with Crippen molar-refractivity contribution in [1.29, 1.82) is 0 Å². The van der Waals surface area contributed by atoms with E-state index in [-0.39, 0.29) is 0 Å². The second-order valence-electron chi connectivity index (χ2n) is 4.85. The van der Waals surface area contributed by atoms with Crippen LogP contribution in [0.1, 0.15) is 32.6 Å². The maximum atomic E-state index is 4.54. The highest BCUT2D eigenvalue weighted by Crippen LogP contribution is 2.26. The summed E-state index contributed by atoms with van der Waals surface area (Å²) in [6.07, 6.45) is 4.99. The van der Waals surface area contributed by atoms with Gasteiger partial charge in [0, 0.05) is 5.71 Å². The Balaban J connectivity index is 1.77. The number of benzene rings is 1. The molecule has 0 spiro atoms. The number of anilines is 1. The molecule has 3 nitrogen and oxygen atoms in total. The lowest BCUT2D eigenvalue weighted by molar-refractivity contribution is 0.558. The zero-order chi connectivity index (χ0) is 12.4. The fourth-order valence-electron chi connectivity index (χ4n) is 2.38. The predicted molar refractivity (Wildman–Crippen MR) is 78.3 cm³/mol. The molecule has 1 atom stereocenters. The van der Waals surface area contributed by atoms with Crippen LogP contribution in [0.15, 0.2) is 29.4 Å². The highest BCUT2D eigenvalue weighted by Gasteiger charge is 2.15. The molecule has 0 radical (unpaired) electrons. The maximum absolute atomic E-state index is 4.54. The smallest absolute Gasteiger partial charge is 0.204 e. The summed E-state index contributed by atoms with van der Waals surface area (Å²) in [6.45, 7) is 2.26. The van der Waals surface area contributed by atoms with Gasteiger partial charge in [-0.2, -0.15) is 5.10 Å². The lowest BCUT2D eigenvalue weighted by atomic mass is 9.89. The Morgan fingerprint density at radius 1 is 1.33 bits per heavy atom. The first-order chi connectivity index (χ1) is 8.83. The van der Waals surface area contributed by atoms with Crippen LogP contribution in [-0.4, -0.2) is 10.7 Å². The van der Waals surface area contributed by atoms with Gasteiger partial charge in [-0.05, 0) is 37.3 Å². The Morgan fingerprint density at radius 2 is 2.22 bits per heavy atom. The molecule has 4 heteroatoms. The number of thiazole rings is 1. The number of para-hydroxylation sites is 1. The molecule has 1 fully saturated rings. The fourth-order valence-corrected chi connectivity index (χ4v) is 3.18. The van der Waals surface area contributed by atoms with Crippen molar-refractivity contribution in [2.75, 3.05) is 5.43 Å². The number of rotatable bonds is 2. The molecule has 1 heterocycles. The summed E-state index contributed by atoms with van der Waals surface area (Å²) in [5.41, 5.74) is 5.47. The molecule has 3 rings (SSSR count). The van der Waals surface area contributed by atoms with Crippen molar-refractivity contribution in [3.05, 3.63) is 24.3 Å². The number of aromatic nitrogens is 1. The van der Waals surface area contributed by atoms with Crippen LogP contribution < -0.4 is 5.43 Å². The molecule has 1 aromatic carbocycles. The van der Waals surface area contributed by atoms with Gasteiger partial charge >= 0.3 is 0 Å². The molecule has 0 unspecified atom stereocenters. The van der Waals surface area contributed by atoms with Gasteiger partial charge in [0.05, 0.1) is 10.2 Å². The Kier molecular flexibility index (Phi) is 3.28. The van der Waals surface area contributed by atoms with Crippen LogP contribution in [0.3, 0.4) is 0 Å². The second kappa shape index (κ2) is 5.06. The highest BCUT2D eigenvalue weighted by molar-refractivity contribution is 7.22. The average molecular weight is 259 g/mol. The molecule has 1 saturated carbocycles. The molecule has 0 saturated heterocycles. The van der Waals surface area contributed by atoms with E-state index in [1.54, 1.807) is 11.3 Å². The molecule has 1 N–H and O–H groups in total. The Bertz CT molecular complexity index is 540. The van der Waals surface area contributed by atoms with Crippen molar-refractivity contribution in [3.8, 4) is 0 Å². The van der Waals surface area contributed by atoms with Crippen molar-refractivity contribution in [1.82, 2.24) is 4.98 Å². The summed E-state index contributed by atoms with van der Waals surface area (Å²) in [7, 11) is 0. The summed E-state index contributed by atoms with van der Waals surface area (Å²) in [4.78, 5) is 4.52. The lowest BCUT2D eigenvalue weighted by Gasteiger charge is -2.19. The van der Waals surface area contributed by atoms with E-state index in [1.165, 1.54) is 29.7 Å². The number of fused-ring (bicyclic) bond motifs is 1. The largest absolute Gasteiger partial charge is 0.253 e. The zero-order valence-corrected chi connectivity index (χ0v) is 11.3. The summed E-state index contributed by atoms with van der Waals surface area (Å²) < 4.78 is 1.21. The Hall–Kier alpha value is -1.42. The van der Waals surface area contributed by atoms with Crippen LogP contribution in [0.2, 0.25) is 0 Å². The molecule has 0 amide bonds. The molecule has 0 aliphatic heterocycles. The van der Waals surface area contributed by atoms with Gasteiger partial charge in [0.1, 0.15) is 0 Å². The van der Waals surface area contributed by atoms with E-state index in [9.17, 15) is 0 Å². The first-order valence-corrected chi connectivity index (χ1v) is 7.32. The molecule has 1 aliphatic carbocycles. The van der Waals surface area contributed by atoms with Gasteiger partial charge in [0.2, 0.25) is 5.13 Å². The van der Waals surface area contributed by atoms with Crippen LogP contribution in [0.25, 0.3) is 10.2 Å². The monoisotopic (exact) mass is 259 g/mol. The standard InChI is InChI=1S/C14H17N3S/c1-10-6-2-3-7-11(10)16-17-14-15-12-8-4-5-9-13(12)18-14/h4-5,8-10H,2-3,6-7H2,1H3,(H,15,17)/t10-/m1/s1. The van der Waals surface area contributed by atoms with Crippen LogP contribution in [0, 0.1) is 5.92 Å². The van der Waals surface area contributed by atoms with Crippen molar-refractivity contribution in [2.45, 2.75) is 32.6 Å². The van der Waals surface area contributed by atoms with E-state index in [0.717, 1.165) is 17.1 Å². The first kappa shape index (κ1) is 11.7. The molecule has 94 valence electrons. The number of hydrogen-bond acceptors (Lipinski definition) is 4. The summed E-state index contributed by atoms with van der Waals surface area (Å²) in [5.74, 6) is 0.612. The van der Waals surface area contributed by atoms with E-state index in [0.29, 0.717) is 5.92 Å². The van der Waals surface area contributed by atoms with Crippen molar-refractivity contribution < 1.29 is 0 Å². The van der Waals surface area contributed by atoms with Gasteiger partial charge in [-0.25, -0.2) is 4.98 Å². The third-order valence-electron chi connectivity index (χ3n) is 3.48. The molecule has 1 aromatic heterocycles. The molecule has 0 bridgehead atoms. The van der Waals surface area contributed by atoms with E-state index < -0.39 is 0 Å². The average Bonchev–Trinajstić information content (AvgIpc) is 2.80. The molecule has 18 heavy (non-hydrogen) atoms. The van der Waals surface area contributed by atoms with Gasteiger partial charge in [0.15, 0.2) is 0 Å². The normalized spacial score (nSPS) is 22.5. The molecular weight excluding hydrogens is 242 g/mol. The topological polar surface area (TPSA) is 37.3 Å². The molecule has 2 aromatic rings. The van der Waals surface area contributed by atoms with Crippen LogP contribution in [0.5, 0.6) is 0 Å². The van der Waals surface area contributed by atoms with E-state index in [1.807, 2.05) is 18.2 Å². The fraction of sp³-hybridized carbons (Fsp3) is 0.429. The van der Waals surface area contributed by atoms with Crippen LogP contribution in [-0.2, 0) is 0 Å². The van der Waals surface area contributed by atoms with E-state index in [4.69, 9.17) is 0 Å². The number of nitrogens with one attached hydrogen (secondary N) is 1. The zero-order valence-electron chi connectivity index (χ0n) is 10.5. The summed E-state index contributed by atoms with van der Waals surface area (Å²) in [6, 6.07) is 8.18. The van der Waals surface area contributed by atoms with Gasteiger partial charge < -0.3 is 0 Å². The van der Waals surface area contributed by atoms with Crippen LogP contribution in [0.4, 0.5) is 5.13 Å². The van der Waals surface area contributed by atoms with Gasteiger partial charge in [-0.15, -0.1) is 0 Å². The van der Waals surface area contributed by atoms with Crippen molar-refractivity contribution in [2.24, 2.45) is 11.0 Å². The minimum Gasteiger partial charge on any atom is -0.253 e. The van der Waals surface area contributed by atoms with E-state index >= 15 is 0 Å². The van der Waals surface area contributed by atoms with E-state index in [2.05, 4.69) is 28.5 Å². The minimum atomic E-state index is 0.612. The number of hydrazone groups is 1. The second-order valence-corrected chi connectivity index (χ2v) is 5.88. The maximum Gasteiger partial charge on any atom is 0.204 e. The van der Waals surface area contributed by atoms with Gasteiger partial charge in [-0.3, -0.25) is 5.43 Å². The van der Waals surface area contributed by atoms with Crippen molar-refractivity contribution >= 4 is 32.4 Å². The summed E-state index contributed by atoms with van der Waals surface area (Å²) >= 11 is 1.66. The quantitative estimate of drug-likeness (QED) is 0.818. The van der Waals surface area contributed by atoms with Crippen molar-refractivity contribution in [3.63, 3.8) is 0 Å². The number of nitrogens with zero attached hydrogens (tertiary/aromatic N) is 2. The Labute approximate surface area is 111 Å². The predicted octanol–water partition coefficient (Wildman–Crippen LogP) is 4.27. The summed E-state index contributed by atoms with van der Waals surface area (Å²) in [5, 5.41) is 5.43. The molecular formula is C14H17N3S.